The number of amides is 3. The highest BCUT2D eigenvalue weighted by Gasteiger charge is 2.19. The highest BCUT2D eigenvalue weighted by Crippen LogP contribution is 2.26. The first-order chi connectivity index (χ1) is 8.81. The van der Waals surface area contributed by atoms with E-state index in [1.165, 1.54) is 19.9 Å². The van der Waals surface area contributed by atoms with Gasteiger partial charge in [0.25, 0.3) is 5.91 Å². The van der Waals surface area contributed by atoms with E-state index in [-0.39, 0.29) is 11.3 Å². The summed E-state index contributed by atoms with van der Waals surface area (Å²) in [5, 5.41) is 11.4. The molecule has 1 rings (SSSR count). The summed E-state index contributed by atoms with van der Waals surface area (Å²) in [6.45, 7) is 2.84. The van der Waals surface area contributed by atoms with E-state index >= 15 is 0 Å². The molecular weight excluding hydrogens is 255 g/mol. The third-order valence-corrected chi connectivity index (χ3v) is 2.34. The van der Waals surface area contributed by atoms with E-state index in [1.54, 1.807) is 0 Å². The van der Waals surface area contributed by atoms with E-state index in [4.69, 9.17) is 10.5 Å². The van der Waals surface area contributed by atoms with Gasteiger partial charge in [0.2, 0.25) is 0 Å². The number of rotatable bonds is 4. The molecule has 1 aromatic carbocycles. The molecule has 0 aliphatic rings. The molecule has 6 nitrogen and oxygen atoms in total. The van der Waals surface area contributed by atoms with Crippen LogP contribution >= 0.6 is 0 Å². The Bertz CT molecular complexity index is 491. The number of aliphatic hydroxyl groups is 1. The zero-order chi connectivity index (χ0) is 14.6. The molecule has 3 amide bonds. The van der Waals surface area contributed by atoms with Crippen molar-refractivity contribution in [1.29, 1.82) is 0 Å². The van der Waals surface area contributed by atoms with Crippen LogP contribution in [0.2, 0.25) is 0 Å². The molecule has 104 valence electrons. The lowest BCUT2D eigenvalue weighted by atomic mass is 10.1. The fourth-order valence-corrected chi connectivity index (χ4v) is 1.42. The van der Waals surface area contributed by atoms with Gasteiger partial charge in [-0.2, -0.15) is 0 Å². The van der Waals surface area contributed by atoms with Gasteiger partial charge in [0.15, 0.2) is 6.10 Å². The van der Waals surface area contributed by atoms with Crippen molar-refractivity contribution in [3.63, 3.8) is 0 Å². The first-order valence-electron chi connectivity index (χ1n) is 5.55. The maximum atomic E-state index is 13.1. The normalized spacial score (nSPS) is 13.5. The van der Waals surface area contributed by atoms with Crippen LogP contribution in [-0.4, -0.2) is 23.1 Å². The van der Waals surface area contributed by atoms with Gasteiger partial charge in [-0.25, -0.2) is 9.18 Å². The van der Waals surface area contributed by atoms with Crippen molar-refractivity contribution in [2.24, 2.45) is 5.73 Å². The molecule has 0 aliphatic heterocycles. The van der Waals surface area contributed by atoms with Crippen LogP contribution in [0.25, 0.3) is 0 Å². The van der Waals surface area contributed by atoms with E-state index < -0.39 is 30.0 Å². The van der Waals surface area contributed by atoms with Gasteiger partial charge in [-0.05, 0) is 32.0 Å². The molecule has 0 bridgehead atoms. The molecule has 7 heteroatoms. The van der Waals surface area contributed by atoms with Gasteiger partial charge in [-0.15, -0.1) is 0 Å². The Balaban J connectivity index is 2.87. The van der Waals surface area contributed by atoms with Gasteiger partial charge in [0, 0.05) is 5.56 Å². The molecule has 0 saturated carbocycles. The SMILES string of the molecule is CC(Oc1ccc(F)cc1C(C)O)C(=O)NC(N)=O. The number of hydrogen-bond acceptors (Lipinski definition) is 4. The minimum Gasteiger partial charge on any atom is -0.480 e. The number of nitrogens with one attached hydrogen (secondary N) is 1. The summed E-state index contributed by atoms with van der Waals surface area (Å²) < 4.78 is 18.3. The monoisotopic (exact) mass is 270 g/mol. The average molecular weight is 270 g/mol. The van der Waals surface area contributed by atoms with E-state index in [1.807, 2.05) is 5.32 Å². The first kappa shape index (κ1) is 14.9. The van der Waals surface area contributed by atoms with Crippen molar-refractivity contribution in [2.45, 2.75) is 26.1 Å². The second kappa shape index (κ2) is 6.14. The number of ether oxygens (including phenoxy) is 1. The predicted molar refractivity (Wildman–Crippen MR) is 64.8 cm³/mol. The number of carbonyl (C=O) groups is 2. The molecule has 19 heavy (non-hydrogen) atoms. The van der Waals surface area contributed by atoms with Crippen LogP contribution in [0.3, 0.4) is 0 Å². The smallest absolute Gasteiger partial charge is 0.318 e. The summed E-state index contributed by atoms with van der Waals surface area (Å²) in [5.74, 6) is -1.10. The lowest BCUT2D eigenvalue weighted by molar-refractivity contribution is -0.126. The van der Waals surface area contributed by atoms with E-state index in [0.717, 1.165) is 12.1 Å². The van der Waals surface area contributed by atoms with Crippen LogP contribution in [0.5, 0.6) is 5.75 Å². The Labute approximate surface area is 109 Å². The van der Waals surface area contributed by atoms with E-state index in [9.17, 15) is 19.1 Å². The highest BCUT2D eigenvalue weighted by atomic mass is 19.1. The Morgan fingerprint density at radius 2 is 2.05 bits per heavy atom. The van der Waals surface area contributed by atoms with Gasteiger partial charge >= 0.3 is 6.03 Å². The highest BCUT2D eigenvalue weighted by molar-refractivity contribution is 5.95. The van der Waals surface area contributed by atoms with Gasteiger partial charge in [0.05, 0.1) is 6.10 Å². The van der Waals surface area contributed by atoms with Crippen molar-refractivity contribution in [3.05, 3.63) is 29.6 Å². The largest absolute Gasteiger partial charge is 0.480 e. The van der Waals surface area contributed by atoms with Crippen LogP contribution in [0.4, 0.5) is 9.18 Å². The van der Waals surface area contributed by atoms with E-state index in [0.29, 0.717) is 0 Å². The van der Waals surface area contributed by atoms with Crippen molar-refractivity contribution in [1.82, 2.24) is 5.32 Å². The van der Waals surface area contributed by atoms with Crippen molar-refractivity contribution in [2.75, 3.05) is 0 Å². The first-order valence-corrected chi connectivity index (χ1v) is 5.55. The minimum absolute atomic E-state index is 0.156. The lowest BCUT2D eigenvalue weighted by Crippen LogP contribution is -2.42. The zero-order valence-electron chi connectivity index (χ0n) is 10.5. The number of nitrogens with two attached hydrogens (primary N) is 1. The average Bonchev–Trinajstić information content (AvgIpc) is 2.30. The topological polar surface area (TPSA) is 102 Å². The molecule has 0 radical (unpaired) electrons. The third-order valence-electron chi connectivity index (χ3n) is 2.34. The summed E-state index contributed by atoms with van der Waals surface area (Å²) in [7, 11) is 0. The molecule has 0 aromatic heterocycles. The molecule has 2 unspecified atom stereocenters. The van der Waals surface area contributed by atoms with Crippen LogP contribution in [0.1, 0.15) is 25.5 Å². The van der Waals surface area contributed by atoms with Crippen LogP contribution in [0, 0.1) is 5.82 Å². The number of primary amides is 1. The summed E-state index contributed by atoms with van der Waals surface area (Å²) in [4.78, 5) is 22.0. The molecule has 0 fully saturated rings. The number of urea groups is 1. The van der Waals surface area contributed by atoms with Crippen molar-refractivity contribution in [3.8, 4) is 5.75 Å². The number of benzene rings is 1. The zero-order valence-corrected chi connectivity index (χ0v) is 10.5. The lowest BCUT2D eigenvalue weighted by Gasteiger charge is -2.17. The summed E-state index contributed by atoms with van der Waals surface area (Å²) >= 11 is 0. The van der Waals surface area contributed by atoms with Crippen molar-refractivity contribution >= 4 is 11.9 Å². The Morgan fingerprint density at radius 1 is 1.42 bits per heavy atom. The van der Waals surface area contributed by atoms with Gasteiger partial charge in [-0.1, -0.05) is 0 Å². The Hall–Kier alpha value is -2.15. The molecule has 2 atom stereocenters. The second-order valence-electron chi connectivity index (χ2n) is 3.97. The Kier molecular flexibility index (Phi) is 4.82. The quantitative estimate of drug-likeness (QED) is 0.754. The van der Waals surface area contributed by atoms with Gasteiger partial charge in [-0.3, -0.25) is 10.1 Å². The molecule has 1 aromatic rings. The molecule has 0 saturated heterocycles. The number of carbonyl (C=O) groups excluding carboxylic acids is 2. The molecule has 4 N–H and O–H groups in total. The number of aliphatic hydroxyl groups excluding tert-OH is 1. The van der Waals surface area contributed by atoms with Crippen molar-refractivity contribution < 1.29 is 23.8 Å². The molecule has 0 heterocycles. The fourth-order valence-electron chi connectivity index (χ4n) is 1.42. The standard InChI is InChI=1S/C12H15FN2O4/c1-6(16)9-5-8(13)3-4-10(9)19-7(2)11(17)15-12(14)18/h3-7,16H,1-2H3,(H3,14,15,17,18). The molecular formula is C12H15FN2O4. The maximum Gasteiger partial charge on any atom is 0.318 e. The summed E-state index contributed by atoms with van der Waals surface area (Å²) in [6, 6.07) is 2.56. The van der Waals surface area contributed by atoms with Gasteiger partial charge < -0.3 is 15.6 Å². The molecule has 0 aliphatic carbocycles. The number of imide groups is 1. The Morgan fingerprint density at radius 3 is 2.58 bits per heavy atom. The maximum absolute atomic E-state index is 13.1. The minimum atomic E-state index is -1.02. The van der Waals surface area contributed by atoms with E-state index in [2.05, 4.69) is 0 Å². The van der Waals surface area contributed by atoms with Gasteiger partial charge in [0.1, 0.15) is 11.6 Å². The van der Waals surface area contributed by atoms with Crippen LogP contribution in [-0.2, 0) is 4.79 Å². The number of halogens is 1. The predicted octanol–water partition coefficient (Wildman–Crippen LogP) is 0.841. The van der Waals surface area contributed by atoms with Crippen LogP contribution < -0.4 is 15.8 Å². The summed E-state index contributed by atoms with van der Waals surface area (Å²) in [5.41, 5.74) is 5.01. The third kappa shape index (κ3) is 4.22. The number of hydrogen-bond donors (Lipinski definition) is 3. The fraction of sp³-hybridized carbons (Fsp3) is 0.333. The summed E-state index contributed by atoms with van der Waals surface area (Å²) in [6.07, 6.45) is -1.98. The van der Waals surface area contributed by atoms with Crippen LogP contribution in [0.15, 0.2) is 18.2 Å². The molecule has 0 spiro atoms. The second-order valence-corrected chi connectivity index (χ2v) is 3.97.